The lowest BCUT2D eigenvalue weighted by Gasteiger charge is -2.13. The molecular weight excluding hydrogens is 202 g/mol. The number of aromatic nitrogens is 1. The van der Waals surface area contributed by atoms with Crippen LogP contribution in [-0.2, 0) is 14.9 Å². The van der Waals surface area contributed by atoms with Gasteiger partial charge in [0.05, 0.1) is 10.6 Å². The highest BCUT2D eigenvalue weighted by molar-refractivity contribution is 7.91. The maximum absolute atomic E-state index is 11.6. The van der Waals surface area contributed by atoms with Crippen LogP contribution in [-0.4, -0.2) is 24.8 Å². The second kappa shape index (κ2) is 3.67. The van der Waals surface area contributed by atoms with Crippen molar-refractivity contribution in [2.75, 3.05) is 5.75 Å². The van der Waals surface area contributed by atoms with Gasteiger partial charge in [-0.15, -0.1) is 0 Å². The van der Waals surface area contributed by atoms with Crippen LogP contribution in [0.2, 0.25) is 0 Å². The van der Waals surface area contributed by atoms with Gasteiger partial charge in [-0.3, -0.25) is 4.98 Å². The van der Waals surface area contributed by atoms with E-state index in [1.807, 2.05) is 0 Å². The Morgan fingerprint density at radius 3 is 2.21 bits per heavy atom. The highest BCUT2D eigenvalue weighted by Gasteiger charge is 2.26. The molecule has 5 heteroatoms. The van der Waals surface area contributed by atoms with E-state index in [-0.39, 0.29) is 4.90 Å². The molecule has 0 bridgehead atoms. The molecule has 0 aliphatic heterocycles. The van der Waals surface area contributed by atoms with E-state index in [4.69, 9.17) is 0 Å². The Morgan fingerprint density at radius 1 is 1.29 bits per heavy atom. The van der Waals surface area contributed by atoms with Gasteiger partial charge in [0.25, 0.3) is 0 Å². The van der Waals surface area contributed by atoms with E-state index in [0.29, 0.717) is 0 Å². The van der Waals surface area contributed by atoms with Crippen molar-refractivity contribution in [2.24, 2.45) is 0 Å². The molecule has 0 aromatic carbocycles. The summed E-state index contributed by atoms with van der Waals surface area (Å²) in [5, 5.41) is 11.3. The Balaban J connectivity index is 2.99. The van der Waals surface area contributed by atoms with E-state index in [9.17, 15) is 13.5 Å². The zero-order valence-electron chi connectivity index (χ0n) is 8.10. The number of sulfone groups is 1. The predicted octanol–water partition coefficient (Wildman–Crippen LogP) is 1.06. The zero-order chi connectivity index (χ0) is 10.8. The smallest absolute Gasteiger partial charge is 0.181 e. The van der Waals surface area contributed by atoms with Crippen LogP contribution in [0.25, 0.3) is 0 Å². The van der Waals surface area contributed by atoms with Crippen LogP contribution >= 0.6 is 0 Å². The molecule has 0 atom stereocenters. The fraction of sp³-hybridized carbons (Fsp3) is 0.444. The third kappa shape index (κ3) is 3.08. The Hall–Kier alpha value is -0.940. The normalized spacial score (nSPS) is 12.8. The van der Waals surface area contributed by atoms with Crippen molar-refractivity contribution in [3.05, 3.63) is 24.5 Å². The standard InChI is InChI=1S/C9H12NO3S/c1-9(2,11)7-14(12,13)8-3-5-10-6-4-8/h3-6H,7H2,1-2H3. The summed E-state index contributed by atoms with van der Waals surface area (Å²) >= 11 is 0. The van der Waals surface area contributed by atoms with Crippen LogP contribution < -0.4 is 0 Å². The molecule has 0 saturated carbocycles. The van der Waals surface area contributed by atoms with Crippen LogP contribution in [0, 0.1) is 0 Å². The van der Waals surface area contributed by atoms with Crippen LogP contribution in [0.1, 0.15) is 13.8 Å². The largest absolute Gasteiger partial charge is 0.265 e. The maximum atomic E-state index is 11.6. The first-order valence-electron chi connectivity index (χ1n) is 4.14. The summed E-state index contributed by atoms with van der Waals surface area (Å²) < 4.78 is 23.2. The second-order valence-corrected chi connectivity index (χ2v) is 5.69. The third-order valence-electron chi connectivity index (χ3n) is 1.55. The molecule has 14 heavy (non-hydrogen) atoms. The Kier molecular flexibility index (Phi) is 2.92. The van der Waals surface area contributed by atoms with E-state index < -0.39 is 21.2 Å². The summed E-state index contributed by atoms with van der Waals surface area (Å²) in [5.74, 6) is -0.399. The van der Waals surface area contributed by atoms with E-state index in [2.05, 4.69) is 4.98 Å². The highest BCUT2D eigenvalue weighted by Crippen LogP contribution is 2.15. The second-order valence-electron chi connectivity index (χ2n) is 3.70. The van der Waals surface area contributed by atoms with E-state index >= 15 is 0 Å². The van der Waals surface area contributed by atoms with Gasteiger partial charge in [-0.05, 0) is 26.0 Å². The quantitative estimate of drug-likeness (QED) is 0.755. The van der Waals surface area contributed by atoms with Gasteiger partial charge in [0, 0.05) is 12.4 Å². The van der Waals surface area contributed by atoms with Crippen molar-refractivity contribution < 1.29 is 13.5 Å². The van der Waals surface area contributed by atoms with Gasteiger partial charge in [-0.1, -0.05) is 0 Å². The number of hydrogen-bond acceptors (Lipinski definition) is 3. The first-order valence-corrected chi connectivity index (χ1v) is 5.80. The summed E-state index contributed by atoms with van der Waals surface area (Å²) in [6, 6.07) is 2.78. The lowest BCUT2D eigenvalue weighted by atomic mass is 10.2. The lowest BCUT2D eigenvalue weighted by Crippen LogP contribution is -2.28. The fourth-order valence-electron chi connectivity index (χ4n) is 1.09. The number of rotatable bonds is 3. The number of hydrogen-bond donors (Lipinski definition) is 0. The average molecular weight is 214 g/mol. The van der Waals surface area contributed by atoms with Crippen LogP contribution in [0.4, 0.5) is 0 Å². The highest BCUT2D eigenvalue weighted by atomic mass is 32.2. The van der Waals surface area contributed by atoms with Crippen molar-refractivity contribution in [1.82, 2.24) is 4.98 Å². The van der Waals surface area contributed by atoms with Gasteiger partial charge in [0.2, 0.25) is 0 Å². The Morgan fingerprint density at radius 2 is 1.79 bits per heavy atom. The van der Waals surface area contributed by atoms with Gasteiger partial charge in [-0.25, -0.2) is 13.5 Å². The first-order chi connectivity index (χ1) is 6.31. The van der Waals surface area contributed by atoms with Gasteiger partial charge in [0.15, 0.2) is 9.84 Å². The van der Waals surface area contributed by atoms with E-state index in [0.717, 1.165) is 0 Å². The number of pyridine rings is 1. The summed E-state index contributed by atoms with van der Waals surface area (Å²) in [4.78, 5) is 3.86. The Bertz CT molecular complexity index is 392. The molecule has 1 aromatic rings. The van der Waals surface area contributed by atoms with E-state index in [1.165, 1.54) is 38.4 Å². The van der Waals surface area contributed by atoms with Crippen molar-refractivity contribution in [3.63, 3.8) is 0 Å². The van der Waals surface area contributed by atoms with Crippen LogP contribution in [0.5, 0.6) is 0 Å². The molecule has 77 valence electrons. The molecule has 1 heterocycles. The molecule has 0 aliphatic carbocycles. The van der Waals surface area contributed by atoms with Crippen LogP contribution in [0.15, 0.2) is 29.4 Å². The molecular formula is C9H12NO3S. The van der Waals surface area contributed by atoms with Gasteiger partial charge in [-0.2, -0.15) is 0 Å². The molecule has 0 saturated heterocycles. The molecule has 0 aliphatic rings. The van der Waals surface area contributed by atoms with Gasteiger partial charge in [0.1, 0.15) is 5.60 Å². The third-order valence-corrected chi connectivity index (χ3v) is 3.61. The van der Waals surface area contributed by atoms with Crippen LogP contribution in [0.3, 0.4) is 0 Å². The van der Waals surface area contributed by atoms with Crippen molar-refractivity contribution in [2.45, 2.75) is 24.3 Å². The van der Waals surface area contributed by atoms with E-state index in [1.54, 1.807) is 0 Å². The van der Waals surface area contributed by atoms with Crippen molar-refractivity contribution in [1.29, 1.82) is 0 Å². The summed E-state index contributed by atoms with van der Waals surface area (Å²) in [7, 11) is -3.47. The topological polar surface area (TPSA) is 66.9 Å². The fourth-order valence-corrected chi connectivity index (χ4v) is 2.70. The monoisotopic (exact) mass is 214 g/mol. The first kappa shape index (κ1) is 11.1. The molecule has 0 amide bonds. The molecule has 1 aromatic heterocycles. The molecule has 1 radical (unpaired) electrons. The Labute approximate surface area is 83.5 Å². The summed E-state index contributed by atoms with van der Waals surface area (Å²) in [6.45, 7) is 2.71. The SMILES string of the molecule is CC(C)([O])CS(=O)(=O)c1ccncc1. The molecule has 0 spiro atoms. The summed E-state index contributed by atoms with van der Waals surface area (Å²) in [6.07, 6.45) is 2.79. The summed E-state index contributed by atoms with van der Waals surface area (Å²) in [5.41, 5.74) is -1.47. The molecule has 0 unspecified atom stereocenters. The van der Waals surface area contributed by atoms with Gasteiger partial charge >= 0.3 is 0 Å². The molecule has 0 fully saturated rings. The molecule has 4 nitrogen and oxygen atoms in total. The minimum Gasteiger partial charge on any atom is -0.265 e. The zero-order valence-corrected chi connectivity index (χ0v) is 8.91. The maximum Gasteiger partial charge on any atom is 0.181 e. The minimum absolute atomic E-state index is 0.149. The van der Waals surface area contributed by atoms with Crippen molar-refractivity contribution in [3.8, 4) is 0 Å². The minimum atomic E-state index is -3.47. The molecule has 0 N–H and O–H groups in total. The number of nitrogens with zero attached hydrogens (tertiary/aromatic N) is 1. The van der Waals surface area contributed by atoms with Crippen molar-refractivity contribution >= 4 is 9.84 Å². The lowest BCUT2D eigenvalue weighted by molar-refractivity contribution is 0.0249. The predicted molar refractivity (Wildman–Crippen MR) is 51.1 cm³/mol. The average Bonchev–Trinajstić information content (AvgIpc) is 2.01. The molecule has 1 rings (SSSR count). The van der Waals surface area contributed by atoms with Gasteiger partial charge < -0.3 is 0 Å².